The fourth-order valence-electron chi connectivity index (χ4n) is 2.99. The smallest absolute Gasteiger partial charge is 0.276 e. The summed E-state index contributed by atoms with van der Waals surface area (Å²) < 4.78 is 5.32. The van der Waals surface area contributed by atoms with E-state index in [0.717, 1.165) is 38.0 Å². The molecular weight excluding hydrogens is 349 g/mol. The molecule has 5 nitrogen and oxygen atoms in total. The summed E-state index contributed by atoms with van der Waals surface area (Å²) in [5.74, 6) is 1.02. The summed E-state index contributed by atoms with van der Waals surface area (Å²) >= 11 is 5.88. The van der Waals surface area contributed by atoms with Crippen molar-refractivity contribution in [3.05, 3.63) is 41.0 Å². The molecule has 2 heterocycles. The quantitative estimate of drug-likeness (QED) is 0.895. The van der Waals surface area contributed by atoms with E-state index in [1.807, 2.05) is 24.1 Å². The molecule has 0 spiro atoms. The molecule has 2 aromatic rings. The van der Waals surface area contributed by atoms with Crippen molar-refractivity contribution in [3.63, 3.8) is 0 Å². The van der Waals surface area contributed by atoms with Gasteiger partial charge in [-0.3, -0.25) is 4.79 Å². The van der Waals surface area contributed by atoms with Crippen LogP contribution in [0.25, 0.3) is 11.3 Å². The number of aromatic nitrogens is 1. The Kier molecular flexibility index (Phi) is 6.66. The second-order valence-corrected chi connectivity index (χ2v) is 6.34. The number of amides is 1. The molecule has 24 heavy (non-hydrogen) atoms. The van der Waals surface area contributed by atoms with E-state index in [0.29, 0.717) is 22.4 Å². The maximum Gasteiger partial charge on any atom is 0.276 e. The summed E-state index contributed by atoms with van der Waals surface area (Å²) in [6, 6.07) is 8.97. The van der Waals surface area contributed by atoms with Crippen molar-refractivity contribution in [1.82, 2.24) is 15.4 Å². The topological polar surface area (TPSA) is 58.4 Å². The van der Waals surface area contributed by atoms with Gasteiger partial charge in [-0.05, 0) is 56.6 Å². The van der Waals surface area contributed by atoms with E-state index < -0.39 is 0 Å². The molecule has 0 radical (unpaired) electrons. The molecule has 130 valence electrons. The Labute approximate surface area is 152 Å². The summed E-state index contributed by atoms with van der Waals surface area (Å²) in [6.45, 7) is 2.48. The Bertz CT molecular complexity index is 671. The van der Waals surface area contributed by atoms with Crippen molar-refractivity contribution < 1.29 is 9.32 Å². The normalized spacial score (nSPS) is 17.4. The van der Waals surface area contributed by atoms with Gasteiger partial charge in [0, 0.05) is 29.7 Å². The van der Waals surface area contributed by atoms with Crippen LogP contribution in [0, 0.1) is 5.92 Å². The van der Waals surface area contributed by atoms with Gasteiger partial charge in [-0.25, -0.2) is 0 Å². The molecule has 1 atom stereocenters. The number of carbonyl (C=O) groups is 1. The Morgan fingerprint density at radius 2 is 2.17 bits per heavy atom. The Hall–Kier alpha value is -1.56. The lowest BCUT2D eigenvalue weighted by atomic mass is 9.98. The molecular formula is C17H21Cl2N3O2. The number of likely N-dealkylation sites (tertiary alicyclic amines) is 1. The first-order chi connectivity index (χ1) is 11.2. The van der Waals surface area contributed by atoms with E-state index in [9.17, 15) is 4.79 Å². The number of nitrogens with zero attached hydrogens (tertiary/aromatic N) is 2. The van der Waals surface area contributed by atoms with Crippen molar-refractivity contribution in [3.8, 4) is 11.3 Å². The van der Waals surface area contributed by atoms with Crippen LogP contribution in [0.5, 0.6) is 0 Å². The summed E-state index contributed by atoms with van der Waals surface area (Å²) in [4.78, 5) is 14.5. The van der Waals surface area contributed by atoms with Crippen LogP contribution < -0.4 is 5.32 Å². The largest absolute Gasteiger partial charge is 0.355 e. The Morgan fingerprint density at radius 1 is 1.42 bits per heavy atom. The molecule has 0 saturated carbocycles. The predicted octanol–water partition coefficient (Wildman–Crippen LogP) is 3.49. The third kappa shape index (κ3) is 4.29. The maximum absolute atomic E-state index is 12.6. The van der Waals surface area contributed by atoms with Crippen molar-refractivity contribution in [1.29, 1.82) is 0 Å². The zero-order valence-corrected chi connectivity index (χ0v) is 15.1. The van der Waals surface area contributed by atoms with Crippen LogP contribution in [0.3, 0.4) is 0 Å². The first-order valence-corrected chi connectivity index (χ1v) is 8.21. The average Bonchev–Trinajstić information content (AvgIpc) is 3.05. The Morgan fingerprint density at radius 3 is 2.88 bits per heavy atom. The highest BCUT2D eigenvalue weighted by Gasteiger charge is 2.26. The summed E-state index contributed by atoms with van der Waals surface area (Å²) in [6.07, 6.45) is 2.18. The predicted molar refractivity (Wildman–Crippen MR) is 96.8 cm³/mol. The number of hydrogen-bond donors (Lipinski definition) is 1. The van der Waals surface area contributed by atoms with Gasteiger partial charge in [0.15, 0.2) is 11.5 Å². The number of nitrogens with one attached hydrogen (secondary N) is 1. The highest BCUT2D eigenvalue weighted by molar-refractivity contribution is 6.30. The lowest BCUT2D eigenvalue weighted by Crippen LogP contribution is -2.42. The average molecular weight is 370 g/mol. The van der Waals surface area contributed by atoms with Gasteiger partial charge in [0.2, 0.25) is 0 Å². The van der Waals surface area contributed by atoms with Crippen molar-refractivity contribution in [2.24, 2.45) is 5.92 Å². The number of rotatable bonds is 4. The van der Waals surface area contributed by atoms with Crippen LogP contribution in [-0.4, -0.2) is 42.6 Å². The highest BCUT2D eigenvalue weighted by atomic mass is 35.5. The van der Waals surface area contributed by atoms with Gasteiger partial charge in [-0.15, -0.1) is 12.4 Å². The van der Waals surface area contributed by atoms with Crippen LogP contribution in [0.4, 0.5) is 0 Å². The minimum absolute atomic E-state index is 0. The fourth-order valence-corrected chi connectivity index (χ4v) is 3.12. The van der Waals surface area contributed by atoms with E-state index in [4.69, 9.17) is 16.1 Å². The molecule has 7 heteroatoms. The fraction of sp³-hybridized carbons (Fsp3) is 0.412. The van der Waals surface area contributed by atoms with Crippen LogP contribution in [0.2, 0.25) is 5.02 Å². The van der Waals surface area contributed by atoms with Crippen LogP contribution in [0.1, 0.15) is 23.3 Å². The lowest BCUT2D eigenvalue weighted by Gasteiger charge is -2.32. The van der Waals surface area contributed by atoms with Gasteiger partial charge in [-0.1, -0.05) is 16.8 Å². The van der Waals surface area contributed by atoms with Crippen molar-refractivity contribution >= 4 is 29.9 Å². The SMILES string of the molecule is CNCC1CCCN(C(=O)c2cc(-c3ccc(Cl)cc3)on2)C1.Cl. The van der Waals surface area contributed by atoms with E-state index in [1.165, 1.54) is 0 Å². The number of hydrogen-bond acceptors (Lipinski definition) is 4. The van der Waals surface area contributed by atoms with Crippen LogP contribution in [-0.2, 0) is 0 Å². The highest BCUT2D eigenvalue weighted by Crippen LogP contribution is 2.24. The third-order valence-electron chi connectivity index (χ3n) is 4.16. The van der Waals surface area contributed by atoms with E-state index in [1.54, 1.807) is 18.2 Å². The van der Waals surface area contributed by atoms with Crippen LogP contribution in [0.15, 0.2) is 34.9 Å². The second kappa shape index (κ2) is 8.51. The molecule has 1 aromatic carbocycles. The van der Waals surface area contributed by atoms with Gasteiger partial charge < -0.3 is 14.7 Å². The van der Waals surface area contributed by atoms with Crippen molar-refractivity contribution in [2.45, 2.75) is 12.8 Å². The molecule has 3 rings (SSSR count). The monoisotopic (exact) mass is 369 g/mol. The maximum atomic E-state index is 12.6. The van der Waals surface area contributed by atoms with Crippen LogP contribution >= 0.6 is 24.0 Å². The molecule has 1 aliphatic heterocycles. The molecule has 1 fully saturated rings. The summed E-state index contributed by atoms with van der Waals surface area (Å²) in [7, 11) is 1.94. The second-order valence-electron chi connectivity index (χ2n) is 5.90. The molecule has 1 saturated heterocycles. The summed E-state index contributed by atoms with van der Waals surface area (Å²) in [5, 5.41) is 7.79. The number of carbonyl (C=O) groups excluding carboxylic acids is 1. The van der Waals surface area contributed by atoms with Gasteiger partial charge in [0.05, 0.1) is 0 Å². The standard InChI is InChI=1S/C17H20ClN3O2.ClH/c1-19-10-12-3-2-8-21(11-12)17(22)15-9-16(23-20-15)13-4-6-14(18)7-5-13;/h4-7,9,12,19H,2-3,8,10-11H2,1H3;1H. The zero-order chi connectivity index (χ0) is 16.2. The Balaban J connectivity index is 0.00000208. The van der Waals surface area contributed by atoms with E-state index in [-0.39, 0.29) is 18.3 Å². The minimum Gasteiger partial charge on any atom is -0.355 e. The molecule has 1 amide bonds. The molecule has 0 aliphatic carbocycles. The van der Waals surface area contributed by atoms with Gasteiger partial charge >= 0.3 is 0 Å². The third-order valence-corrected chi connectivity index (χ3v) is 4.41. The first kappa shape index (κ1) is 18.8. The molecule has 1 aliphatic rings. The number of halogens is 2. The van der Waals surface area contributed by atoms with Gasteiger partial charge in [0.25, 0.3) is 5.91 Å². The first-order valence-electron chi connectivity index (χ1n) is 7.84. The lowest BCUT2D eigenvalue weighted by molar-refractivity contribution is 0.0664. The van der Waals surface area contributed by atoms with E-state index in [2.05, 4.69) is 10.5 Å². The molecule has 1 unspecified atom stereocenters. The number of benzene rings is 1. The minimum atomic E-state index is -0.0604. The summed E-state index contributed by atoms with van der Waals surface area (Å²) in [5.41, 5.74) is 1.22. The van der Waals surface area contributed by atoms with Gasteiger partial charge in [0.1, 0.15) is 0 Å². The molecule has 0 bridgehead atoms. The zero-order valence-electron chi connectivity index (χ0n) is 13.5. The van der Waals surface area contributed by atoms with Gasteiger partial charge in [-0.2, -0.15) is 0 Å². The number of piperidine rings is 1. The molecule has 1 N–H and O–H groups in total. The molecule has 1 aromatic heterocycles. The van der Waals surface area contributed by atoms with Crippen molar-refractivity contribution in [2.75, 3.05) is 26.7 Å². The van der Waals surface area contributed by atoms with E-state index >= 15 is 0 Å².